The molecule has 1 heterocycles. The number of nitrogens with one attached hydrogen (secondary N) is 1. The summed E-state index contributed by atoms with van der Waals surface area (Å²) in [6.07, 6.45) is -0.0276. The maximum atomic E-state index is 11.1. The number of aliphatic hydroxyl groups is 1. The fourth-order valence-electron chi connectivity index (χ4n) is 1.95. The molecule has 2 aromatic rings. The standard InChI is InChI=1S/C13H13BrN2O5/c1-20-6-3-7(14)9(8(4-6)21-2)12(17)10-11(13(18)19)16-5-15-10/h3-5,12,17H,1-2H3,(H,15,16)(H,18,19). The summed E-state index contributed by atoms with van der Waals surface area (Å²) in [6, 6.07) is 3.25. The smallest absolute Gasteiger partial charge is 0.356 e. The molecule has 0 aliphatic heterocycles. The van der Waals surface area contributed by atoms with E-state index < -0.39 is 12.1 Å². The zero-order valence-electron chi connectivity index (χ0n) is 11.3. The van der Waals surface area contributed by atoms with Crippen LogP contribution in [0.15, 0.2) is 22.9 Å². The van der Waals surface area contributed by atoms with E-state index in [4.69, 9.17) is 14.6 Å². The first-order valence-corrected chi connectivity index (χ1v) is 6.65. The topological polar surface area (TPSA) is 105 Å². The number of aliphatic hydroxyl groups excluding tert-OH is 1. The zero-order chi connectivity index (χ0) is 15.6. The first-order valence-electron chi connectivity index (χ1n) is 5.85. The van der Waals surface area contributed by atoms with E-state index in [0.717, 1.165) is 0 Å². The quantitative estimate of drug-likeness (QED) is 0.756. The van der Waals surface area contributed by atoms with Crippen molar-refractivity contribution in [3.05, 3.63) is 39.9 Å². The largest absolute Gasteiger partial charge is 0.497 e. The Morgan fingerprint density at radius 1 is 1.38 bits per heavy atom. The number of rotatable bonds is 5. The molecule has 7 nitrogen and oxygen atoms in total. The van der Waals surface area contributed by atoms with Crippen LogP contribution in [0.4, 0.5) is 0 Å². The Balaban J connectivity index is 2.55. The van der Waals surface area contributed by atoms with Crippen molar-refractivity contribution in [1.29, 1.82) is 0 Å². The molecule has 2 rings (SSSR count). The maximum Gasteiger partial charge on any atom is 0.356 e. The Bertz CT molecular complexity index is 671. The number of ether oxygens (including phenoxy) is 2. The zero-order valence-corrected chi connectivity index (χ0v) is 12.8. The van der Waals surface area contributed by atoms with E-state index >= 15 is 0 Å². The number of carbonyl (C=O) groups is 1. The predicted octanol–water partition coefficient (Wildman–Crippen LogP) is 1.97. The molecule has 0 saturated heterocycles. The highest BCUT2D eigenvalue weighted by Crippen LogP contribution is 2.39. The Morgan fingerprint density at radius 3 is 2.67 bits per heavy atom. The number of benzene rings is 1. The van der Waals surface area contributed by atoms with Gasteiger partial charge in [0.2, 0.25) is 0 Å². The van der Waals surface area contributed by atoms with Crippen molar-refractivity contribution in [3.8, 4) is 11.5 Å². The summed E-state index contributed by atoms with van der Waals surface area (Å²) in [7, 11) is 2.96. The van der Waals surface area contributed by atoms with Gasteiger partial charge in [-0.2, -0.15) is 0 Å². The van der Waals surface area contributed by atoms with Crippen LogP contribution in [0.2, 0.25) is 0 Å². The molecule has 0 aliphatic carbocycles. The van der Waals surface area contributed by atoms with Gasteiger partial charge in [0.1, 0.15) is 17.6 Å². The fraction of sp³-hybridized carbons (Fsp3) is 0.231. The molecular weight excluding hydrogens is 344 g/mol. The molecular formula is C13H13BrN2O5. The van der Waals surface area contributed by atoms with E-state index in [2.05, 4.69) is 25.9 Å². The first kappa shape index (κ1) is 15.3. The number of hydrogen-bond donors (Lipinski definition) is 3. The Hall–Kier alpha value is -2.06. The van der Waals surface area contributed by atoms with Crippen LogP contribution in [-0.4, -0.2) is 40.4 Å². The highest BCUT2D eigenvalue weighted by molar-refractivity contribution is 9.10. The lowest BCUT2D eigenvalue weighted by atomic mass is 10.0. The normalized spacial score (nSPS) is 12.0. The monoisotopic (exact) mass is 356 g/mol. The number of nitrogens with zero attached hydrogens (tertiary/aromatic N) is 1. The molecule has 1 unspecified atom stereocenters. The molecule has 0 spiro atoms. The second-order valence-electron chi connectivity index (χ2n) is 4.10. The molecule has 8 heteroatoms. The van der Waals surface area contributed by atoms with Crippen molar-refractivity contribution in [3.63, 3.8) is 0 Å². The number of aromatic carboxylic acids is 1. The van der Waals surface area contributed by atoms with Gasteiger partial charge >= 0.3 is 5.97 Å². The van der Waals surface area contributed by atoms with Crippen molar-refractivity contribution < 1.29 is 24.5 Å². The number of aromatic amines is 1. The number of hydrogen-bond acceptors (Lipinski definition) is 5. The second-order valence-corrected chi connectivity index (χ2v) is 4.95. The third-order valence-corrected chi connectivity index (χ3v) is 3.60. The van der Waals surface area contributed by atoms with Crippen LogP contribution in [0.3, 0.4) is 0 Å². The number of imidazole rings is 1. The van der Waals surface area contributed by atoms with Crippen LogP contribution < -0.4 is 9.47 Å². The minimum absolute atomic E-state index is 0.0756. The fourth-order valence-corrected chi connectivity index (χ4v) is 2.59. The van der Waals surface area contributed by atoms with Crippen LogP contribution in [0.1, 0.15) is 27.8 Å². The van der Waals surface area contributed by atoms with Gasteiger partial charge in [-0.25, -0.2) is 9.78 Å². The van der Waals surface area contributed by atoms with Gasteiger partial charge in [0, 0.05) is 16.1 Å². The van der Waals surface area contributed by atoms with E-state index in [-0.39, 0.29) is 11.4 Å². The molecule has 1 aromatic carbocycles. The van der Waals surface area contributed by atoms with E-state index in [1.165, 1.54) is 20.5 Å². The molecule has 0 radical (unpaired) electrons. The lowest BCUT2D eigenvalue weighted by Crippen LogP contribution is -2.10. The summed E-state index contributed by atoms with van der Waals surface area (Å²) in [4.78, 5) is 17.4. The Morgan fingerprint density at radius 2 is 2.10 bits per heavy atom. The third kappa shape index (κ3) is 2.86. The van der Waals surface area contributed by atoms with E-state index in [1.54, 1.807) is 12.1 Å². The molecule has 0 fully saturated rings. The maximum absolute atomic E-state index is 11.1. The van der Waals surface area contributed by atoms with Crippen molar-refractivity contribution in [2.75, 3.05) is 14.2 Å². The van der Waals surface area contributed by atoms with Crippen molar-refractivity contribution in [2.24, 2.45) is 0 Å². The van der Waals surface area contributed by atoms with Gasteiger partial charge in [0.25, 0.3) is 0 Å². The molecule has 112 valence electrons. The van der Waals surface area contributed by atoms with E-state index in [1.807, 2.05) is 0 Å². The summed E-state index contributed by atoms with van der Waals surface area (Å²) < 4.78 is 10.9. The summed E-state index contributed by atoms with van der Waals surface area (Å²) in [5.74, 6) is -0.327. The van der Waals surface area contributed by atoms with Crippen LogP contribution in [0.25, 0.3) is 0 Å². The molecule has 21 heavy (non-hydrogen) atoms. The summed E-state index contributed by atoms with van der Waals surface area (Å²) >= 11 is 3.33. The number of carboxylic acid groups (broad SMARTS) is 1. The molecule has 1 aromatic heterocycles. The molecule has 0 bridgehead atoms. The third-order valence-electron chi connectivity index (χ3n) is 2.94. The number of aromatic nitrogens is 2. The van der Waals surface area contributed by atoms with Crippen LogP contribution >= 0.6 is 15.9 Å². The van der Waals surface area contributed by atoms with Gasteiger partial charge in [0.15, 0.2) is 5.69 Å². The SMILES string of the molecule is COc1cc(Br)c(C(O)c2[nH]cnc2C(=O)O)c(OC)c1. The molecule has 0 saturated carbocycles. The number of halogens is 1. The minimum atomic E-state index is -1.24. The predicted molar refractivity (Wildman–Crippen MR) is 76.9 cm³/mol. The summed E-state index contributed by atoms with van der Waals surface area (Å²) in [6.45, 7) is 0. The van der Waals surface area contributed by atoms with Crippen LogP contribution in [0, 0.1) is 0 Å². The number of methoxy groups -OCH3 is 2. The van der Waals surface area contributed by atoms with Crippen LogP contribution in [-0.2, 0) is 0 Å². The number of H-pyrrole nitrogens is 1. The molecule has 0 aliphatic rings. The Kier molecular flexibility index (Phi) is 4.49. The van der Waals surface area contributed by atoms with E-state index in [0.29, 0.717) is 21.5 Å². The van der Waals surface area contributed by atoms with Crippen molar-refractivity contribution in [1.82, 2.24) is 9.97 Å². The molecule has 0 amide bonds. The summed E-state index contributed by atoms with van der Waals surface area (Å²) in [5.41, 5.74) is 0.212. The lowest BCUT2D eigenvalue weighted by molar-refractivity contribution is 0.0685. The van der Waals surface area contributed by atoms with Gasteiger partial charge < -0.3 is 24.7 Å². The minimum Gasteiger partial charge on any atom is -0.497 e. The first-order chi connectivity index (χ1) is 9.99. The second kappa shape index (κ2) is 6.15. The van der Waals surface area contributed by atoms with Crippen LogP contribution in [0.5, 0.6) is 11.5 Å². The lowest BCUT2D eigenvalue weighted by Gasteiger charge is -2.17. The molecule has 3 N–H and O–H groups in total. The average molecular weight is 357 g/mol. The highest BCUT2D eigenvalue weighted by Gasteiger charge is 2.26. The number of carboxylic acids is 1. The van der Waals surface area contributed by atoms with E-state index in [9.17, 15) is 9.90 Å². The van der Waals surface area contributed by atoms with Crippen molar-refractivity contribution >= 4 is 21.9 Å². The van der Waals surface area contributed by atoms with Gasteiger partial charge in [-0.05, 0) is 6.07 Å². The van der Waals surface area contributed by atoms with Gasteiger partial charge in [-0.15, -0.1) is 0 Å². The van der Waals surface area contributed by atoms with Gasteiger partial charge in [0.05, 0.1) is 26.2 Å². The molecule has 1 atom stereocenters. The Labute approximate surface area is 128 Å². The highest BCUT2D eigenvalue weighted by atomic mass is 79.9. The van der Waals surface area contributed by atoms with Crippen molar-refractivity contribution in [2.45, 2.75) is 6.10 Å². The van der Waals surface area contributed by atoms with Gasteiger partial charge in [-0.1, -0.05) is 15.9 Å². The van der Waals surface area contributed by atoms with Gasteiger partial charge in [-0.3, -0.25) is 0 Å². The average Bonchev–Trinajstić information content (AvgIpc) is 2.95. The summed E-state index contributed by atoms with van der Waals surface area (Å²) in [5, 5.41) is 19.6.